The van der Waals surface area contributed by atoms with Crippen LogP contribution < -0.4 is 15.9 Å². The topological polar surface area (TPSA) is 49.3 Å². The zero-order chi connectivity index (χ0) is 20.3. The predicted molar refractivity (Wildman–Crippen MR) is 127 cm³/mol. The second-order valence-electron chi connectivity index (χ2n) is 7.75. The summed E-state index contributed by atoms with van der Waals surface area (Å²) in [4.78, 5) is 10.4. The molecule has 0 aliphatic rings. The Morgan fingerprint density at radius 2 is 1.25 bits per heavy atom. The van der Waals surface area contributed by atoms with E-state index in [0.717, 1.165) is 12.8 Å². The molecule has 2 rings (SSSR count). The first-order valence-corrected chi connectivity index (χ1v) is 15.1. The number of carbonyl (C=O) groups is 1. The van der Waals surface area contributed by atoms with Crippen LogP contribution in [0.4, 0.5) is 4.79 Å². The van der Waals surface area contributed by atoms with Gasteiger partial charge in [-0.05, 0) is 0 Å². The van der Waals surface area contributed by atoms with E-state index in [9.17, 15) is 4.79 Å². The number of hydrogen-bond acceptors (Lipinski definition) is 1. The molecule has 0 spiro atoms. The number of unbranched alkanes of at least 4 members (excludes halogenated alkanes) is 6. The fraction of sp³-hybridized carbons (Fsp3) is 0.435. The number of nitrogens with one attached hydrogen (secondary N) is 1. The minimum absolute atomic E-state index is 0.567. The van der Waals surface area contributed by atoms with Crippen molar-refractivity contribution >= 4 is 37.5 Å². The van der Waals surface area contributed by atoms with Gasteiger partial charge in [0.1, 0.15) is 0 Å². The number of carboxylic acid groups (broad SMARTS) is 1. The molecule has 0 aliphatic carbocycles. The Labute approximate surface area is 177 Å². The maximum absolute atomic E-state index is 10.4. The molecular formula is C23H33BrNO2P. The number of benzene rings is 2. The first-order chi connectivity index (χ1) is 13.4. The van der Waals surface area contributed by atoms with Crippen molar-refractivity contribution < 1.29 is 9.90 Å². The van der Waals surface area contributed by atoms with Gasteiger partial charge in [0, 0.05) is 0 Å². The molecular weight excluding hydrogens is 433 g/mol. The summed E-state index contributed by atoms with van der Waals surface area (Å²) < 4.78 is 0. The SMILES string of the molecule is CP(Br)(CCCCCCCCCNC(=O)O)(c1ccccc1)c1ccccc1. The average Bonchev–Trinajstić information content (AvgIpc) is 2.71. The number of rotatable bonds is 12. The van der Waals surface area contributed by atoms with Crippen molar-refractivity contribution in [1.29, 1.82) is 0 Å². The first-order valence-electron chi connectivity index (χ1n) is 10.2. The van der Waals surface area contributed by atoms with E-state index in [4.69, 9.17) is 5.11 Å². The van der Waals surface area contributed by atoms with E-state index in [1.54, 1.807) is 0 Å². The van der Waals surface area contributed by atoms with Crippen LogP contribution in [0.1, 0.15) is 44.9 Å². The van der Waals surface area contributed by atoms with Crippen LogP contribution >= 0.6 is 20.8 Å². The summed E-state index contributed by atoms with van der Waals surface area (Å²) in [6.07, 6.45) is 8.38. The zero-order valence-electron chi connectivity index (χ0n) is 16.8. The molecule has 1 amide bonds. The van der Waals surface area contributed by atoms with Gasteiger partial charge in [-0.2, -0.15) is 0 Å². The fourth-order valence-corrected chi connectivity index (χ4v) is 9.57. The summed E-state index contributed by atoms with van der Waals surface area (Å²) in [5, 5.41) is 11.5. The molecule has 3 nitrogen and oxygen atoms in total. The maximum atomic E-state index is 10.4. The third-order valence-electron chi connectivity index (χ3n) is 5.49. The van der Waals surface area contributed by atoms with Crippen molar-refractivity contribution in [3.63, 3.8) is 0 Å². The third kappa shape index (κ3) is 6.60. The summed E-state index contributed by atoms with van der Waals surface area (Å²) in [7, 11) is 0. The van der Waals surface area contributed by atoms with Crippen LogP contribution in [0.15, 0.2) is 60.7 Å². The Bertz CT molecular complexity index is 678. The van der Waals surface area contributed by atoms with Crippen LogP contribution in [0.25, 0.3) is 0 Å². The van der Waals surface area contributed by atoms with Crippen LogP contribution in [0, 0.1) is 0 Å². The molecule has 0 saturated carbocycles. The molecule has 0 radical (unpaired) electrons. The van der Waals surface area contributed by atoms with Crippen LogP contribution in [-0.4, -0.2) is 30.6 Å². The molecule has 0 aromatic heterocycles. The van der Waals surface area contributed by atoms with Gasteiger partial charge in [0.25, 0.3) is 0 Å². The van der Waals surface area contributed by atoms with E-state index >= 15 is 0 Å². The van der Waals surface area contributed by atoms with Crippen molar-refractivity contribution in [2.45, 2.75) is 44.9 Å². The molecule has 0 atom stereocenters. The number of hydrogen-bond donors (Lipinski definition) is 2. The van der Waals surface area contributed by atoms with E-state index in [-0.39, 0.29) is 0 Å². The normalized spacial score (nSPS) is 12.9. The molecule has 2 aromatic carbocycles. The second kappa shape index (κ2) is 11.0. The summed E-state index contributed by atoms with van der Waals surface area (Å²) in [5.74, 6) is 0. The molecule has 0 bridgehead atoms. The monoisotopic (exact) mass is 465 g/mol. The fourth-order valence-electron chi connectivity index (χ4n) is 3.73. The molecule has 0 heterocycles. The Morgan fingerprint density at radius 1 is 0.821 bits per heavy atom. The molecule has 2 N–H and O–H groups in total. The predicted octanol–water partition coefficient (Wildman–Crippen LogP) is 6.13. The summed E-state index contributed by atoms with van der Waals surface area (Å²) in [6, 6.07) is 21.8. The Morgan fingerprint density at radius 3 is 1.71 bits per heavy atom. The molecule has 0 unspecified atom stereocenters. The van der Waals surface area contributed by atoms with Gasteiger partial charge < -0.3 is 0 Å². The van der Waals surface area contributed by atoms with Gasteiger partial charge in [0.2, 0.25) is 0 Å². The quantitative estimate of drug-likeness (QED) is 0.292. The molecule has 5 heteroatoms. The molecule has 0 aliphatic heterocycles. The van der Waals surface area contributed by atoms with Crippen LogP contribution in [0.2, 0.25) is 0 Å². The molecule has 2 aromatic rings. The first kappa shape index (κ1) is 22.9. The van der Waals surface area contributed by atoms with Gasteiger partial charge >= 0.3 is 178 Å². The van der Waals surface area contributed by atoms with E-state index < -0.39 is 11.4 Å². The zero-order valence-corrected chi connectivity index (χ0v) is 19.3. The third-order valence-corrected chi connectivity index (χ3v) is 13.7. The molecule has 28 heavy (non-hydrogen) atoms. The molecule has 154 valence electrons. The summed E-state index contributed by atoms with van der Waals surface area (Å²) in [5.41, 5.74) is 0. The van der Waals surface area contributed by atoms with Gasteiger partial charge in [-0.25, -0.2) is 0 Å². The van der Waals surface area contributed by atoms with Crippen molar-refractivity contribution in [3.05, 3.63) is 60.7 Å². The second-order valence-corrected chi connectivity index (χ2v) is 18.3. The van der Waals surface area contributed by atoms with Crippen LogP contribution in [-0.2, 0) is 0 Å². The van der Waals surface area contributed by atoms with E-state index in [2.05, 4.69) is 88.1 Å². The minimum atomic E-state index is -2.34. The van der Waals surface area contributed by atoms with E-state index in [0.29, 0.717) is 6.54 Å². The Kier molecular flexibility index (Phi) is 8.98. The van der Waals surface area contributed by atoms with Gasteiger partial charge in [-0.1, -0.05) is 0 Å². The number of halogens is 1. The van der Waals surface area contributed by atoms with Crippen molar-refractivity contribution in [2.75, 3.05) is 19.4 Å². The van der Waals surface area contributed by atoms with Crippen molar-refractivity contribution in [2.24, 2.45) is 0 Å². The van der Waals surface area contributed by atoms with Crippen molar-refractivity contribution in [1.82, 2.24) is 5.32 Å². The molecule has 0 saturated heterocycles. The Balaban J connectivity index is 1.84. The van der Waals surface area contributed by atoms with Gasteiger partial charge in [0.05, 0.1) is 0 Å². The van der Waals surface area contributed by atoms with E-state index in [1.165, 1.54) is 48.9 Å². The van der Waals surface area contributed by atoms with Crippen molar-refractivity contribution in [3.8, 4) is 0 Å². The average molecular weight is 466 g/mol. The Hall–Kier alpha value is -1.38. The standard InChI is InChI=1S/C23H33BrNO2P/c1-28(24,21-15-9-7-10-16-21,22-17-11-8-12-18-22)20-14-6-4-2-3-5-13-19-25-23(26)27/h7-12,15-18,25H,2-6,13-14,19-20H2,1H3,(H,26,27). The number of amides is 1. The summed E-state index contributed by atoms with van der Waals surface area (Å²) in [6.45, 7) is 3.00. The van der Waals surface area contributed by atoms with E-state index in [1.807, 2.05) is 0 Å². The van der Waals surface area contributed by atoms with Crippen LogP contribution in [0.5, 0.6) is 0 Å². The molecule has 0 fully saturated rings. The van der Waals surface area contributed by atoms with Gasteiger partial charge in [-0.3, -0.25) is 0 Å². The summed E-state index contributed by atoms with van der Waals surface area (Å²) >= 11 is 4.30. The van der Waals surface area contributed by atoms with Crippen LogP contribution in [0.3, 0.4) is 0 Å². The van der Waals surface area contributed by atoms with Gasteiger partial charge in [0.15, 0.2) is 0 Å². The van der Waals surface area contributed by atoms with Gasteiger partial charge in [-0.15, -0.1) is 0 Å².